The van der Waals surface area contributed by atoms with Crippen molar-refractivity contribution in [1.29, 1.82) is 0 Å². The SMILES string of the molecule is CSc1cc(NC(C)c2ccccc2Cl)ncn1. The Morgan fingerprint density at radius 2 is 2.06 bits per heavy atom. The summed E-state index contributed by atoms with van der Waals surface area (Å²) in [5.41, 5.74) is 1.06. The van der Waals surface area contributed by atoms with E-state index in [2.05, 4.69) is 22.2 Å². The quantitative estimate of drug-likeness (QED) is 0.677. The van der Waals surface area contributed by atoms with Crippen LogP contribution in [0.15, 0.2) is 41.7 Å². The molecule has 0 aliphatic carbocycles. The first kappa shape index (κ1) is 13.2. The van der Waals surface area contributed by atoms with Crippen molar-refractivity contribution < 1.29 is 0 Å². The van der Waals surface area contributed by atoms with Gasteiger partial charge >= 0.3 is 0 Å². The van der Waals surface area contributed by atoms with Gasteiger partial charge in [-0.1, -0.05) is 29.8 Å². The highest BCUT2D eigenvalue weighted by atomic mass is 35.5. The van der Waals surface area contributed by atoms with E-state index in [-0.39, 0.29) is 6.04 Å². The smallest absolute Gasteiger partial charge is 0.130 e. The summed E-state index contributed by atoms with van der Waals surface area (Å²) in [7, 11) is 0. The van der Waals surface area contributed by atoms with Gasteiger partial charge < -0.3 is 5.32 Å². The normalized spacial score (nSPS) is 12.2. The van der Waals surface area contributed by atoms with Gasteiger partial charge in [-0.2, -0.15) is 0 Å². The fourth-order valence-electron chi connectivity index (χ4n) is 1.66. The highest BCUT2D eigenvalue weighted by molar-refractivity contribution is 7.98. The van der Waals surface area contributed by atoms with Crippen LogP contribution in [0, 0.1) is 0 Å². The molecule has 0 aliphatic heterocycles. The summed E-state index contributed by atoms with van der Waals surface area (Å²) in [5, 5.41) is 5.03. The maximum absolute atomic E-state index is 6.17. The molecule has 1 N–H and O–H groups in total. The van der Waals surface area contributed by atoms with Gasteiger partial charge in [-0.05, 0) is 24.8 Å². The van der Waals surface area contributed by atoms with Crippen molar-refractivity contribution in [1.82, 2.24) is 9.97 Å². The molecule has 1 heterocycles. The van der Waals surface area contributed by atoms with Gasteiger partial charge in [-0.3, -0.25) is 0 Å². The Hall–Kier alpha value is -1.26. The Balaban J connectivity index is 2.16. The van der Waals surface area contributed by atoms with Crippen molar-refractivity contribution in [2.75, 3.05) is 11.6 Å². The Labute approximate surface area is 116 Å². The van der Waals surface area contributed by atoms with Crippen molar-refractivity contribution in [3.63, 3.8) is 0 Å². The number of hydrogen-bond donors (Lipinski definition) is 1. The van der Waals surface area contributed by atoms with Crippen molar-refractivity contribution in [3.05, 3.63) is 47.2 Å². The summed E-state index contributed by atoms with van der Waals surface area (Å²) < 4.78 is 0. The second kappa shape index (κ2) is 6.07. The molecule has 3 nitrogen and oxygen atoms in total. The summed E-state index contributed by atoms with van der Waals surface area (Å²) in [6.45, 7) is 2.06. The van der Waals surface area contributed by atoms with Gasteiger partial charge in [0.2, 0.25) is 0 Å². The molecule has 2 aromatic rings. The average Bonchev–Trinajstić information content (AvgIpc) is 2.39. The highest BCUT2D eigenvalue weighted by Crippen LogP contribution is 2.25. The van der Waals surface area contributed by atoms with Gasteiger partial charge in [0.25, 0.3) is 0 Å². The molecule has 0 saturated carbocycles. The summed E-state index contributed by atoms with van der Waals surface area (Å²) in [6, 6.07) is 9.84. The van der Waals surface area contributed by atoms with Crippen LogP contribution in [0.1, 0.15) is 18.5 Å². The number of thioether (sulfide) groups is 1. The summed E-state index contributed by atoms with van der Waals surface area (Å²) in [6.07, 6.45) is 3.55. The van der Waals surface area contributed by atoms with Crippen LogP contribution in [0.25, 0.3) is 0 Å². The zero-order valence-corrected chi connectivity index (χ0v) is 11.8. The molecule has 0 saturated heterocycles. The van der Waals surface area contributed by atoms with Gasteiger partial charge in [-0.15, -0.1) is 11.8 Å². The molecule has 0 radical (unpaired) electrons. The summed E-state index contributed by atoms with van der Waals surface area (Å²) in [5.74, 6) is 0.807. The molecule has 0 aliphatic rings. The number of nitrogens with zero attached hydrogens (tertiary/aromatic N) is 2. The minimum absolute atomic E-state index is 0.100. The molecule has 0 fully saturated rings. The Kier molecular flexibility index (Phi) is 4.44. The van der Waals surface area contributed by atoms with Crippen LogP contribution < -0.4 is 5.32 Å². The fraction of sp³-hybridized carbons (Fsp3) is 0.231. The first-order valence-corrected chi connectivity index (χ1v) is 7.18. The zero-order valence-electron chi connectivity index (χ0n) is 10.2. The van der Waals surface area contributed by atoms with Crippen LogP contribution >= 0.6 is 23.4 Å². The first-order chi connectivity index (χ1) is 8.70. The van der Waals surface area contributed by atoms with Gasteiger partial charge in [0.05, 0.1) is 6.04 Å². The van der Waals surface area contributed by atoms with E-state index in [1.54, 1.807) is 18.1 Å². The molecule has 94 valence electrons. The number of rotatable bonds is 4. The monoisotopic (exact) mass is 279 g/mol. The van der Waals surface area contributed by atoms with Gasteiger partial charge in [0.1, 0.15) is 17.2 Å². The molecular weight excluding hydrogens is 266 g/mol. The second-order valence-electron chi connectivity index (χ2n) is 3.83. The lowest BCUT2D eigenvalue weighted by Crippen LogP contribution is -2.08. The number of anilines is 1. The molecular formula is C13H14ClN3S. The van der Waals surface area contributed by atoms with Crippen molar-refractivity contribution in [2.24, 2.45) is 0 Å². The van der Waals surface area contributed by atoms with E-state index in [1.165, 1.54) is 0 Å². The summed E-state index contributed by atoms with van der Waals surface area (Å²) >= 11 is 7.76. The molecule has 0 spiro atoms. The van der Waals surface area contributed by atoms with Crippen LogP contribution in [0.4, 0.5) is 5.82 Å². The highest BCUT2D eigenvalue weighted by Gasteiger charge is 2.09. The predicted molar refractivity (Wildman–Crippen MR) is 77.3 cm³/mol. The molecule has 5 heteroatoms. The van der Waals surface area contributed by atoms with Crippen LogP contribution in [0.2, 0.25) is 5.02 Å². The van der Waals surface area contributed by atoms with E-state index in [0.717, 1.165) is 21.4 Å². The number of benzene rings is 1. The standard InChI is InChI=1S/C13H14ClN3S/c1-9(10-5-3-4-6-11(10)14)17-12-7-13(18-2)16-8-15-12/h3-9H,1-2H3,(H,15,16,17). The average molecular weight is 280 g/mol. The third-order valence-corrected chi connectivity index (χ3v) is 3.57. The third-order valence-electron chi connectivity index (χ3n) is 2.59. The molecule has 1 aromatic carbocycles. The van der Waals surface area contributed by atoms with E-state index in [4.69, 9.17) is 11.6 Å². The van der Waals surface area contributed by atoms with E-state index >= 15 is 0 Å². The lowest BCUT2D eigenvalue weighted by molar-refractivity contribution is 0.867. The Morgan fingerprint density at radius 1 is 1.28 bits per heavy atom. The van der Waals surface area contributed by atoms with Crippen LogP contribution in [-0.4, -0.2) is 16.2 Å². The van der Waals surface area contributed by atoms with E-state index in [0.29, 0.717) is 0 Å². The first-order valence-electron chi connectivity index (χ1n) is 5.57. The number of hydrogen-bond acceptors (Lipinski definition) is 4. The van der Waals surface area contributed by atoms with Gasteiger partial charge in [0, 0.05) is 11.1 Å². The summed E-state index contributed by atoms with van der Waals surface area (Å²) in [4.78, 5) is 8.35. The minimum Gasteiger partial charge on any atom is -0.363 e. The molecule has 0 bridgehead atoms. The van der Waals surface area contributed by atoms with Gasteiger partial charge in [-0.25, -0.2) is 9.97 Å². The topological polar surface area (TPSA) is 37.8 Å². The van der Waals surface area contributed by atoms with Crippen LogP contribution in [-0.2, 0) is 0 Å². The molecule has 1 aromatic heterocycles. The minimum atomic E-state index is 0.100. The second-order valence-corrected chi connectivity index (χ2v) is 5.07. The predicted octanol–water partition coefficient (Wildman–Crippen LogP) is 4.03. The lowest BCUT2D eigenvalue weighted by atomic mass is 10.1. The third kappa shape index (κ3) is 3.15. The maximum Gasteiger partial charge on any atom is 0.130 e. The van der Waals surface area contributed by atoms with Crippen molar-refractivity contribution in [3.8, 4) is 0 Å². The molecule has 18 heavy (non-hydrogen) atoms. The van der Waals surface area contributed by atoms with Crippen LogP contribution in [0.5, 0.6) is 0 Å². The van der Waals surface area contributed by atoms with Crippen molar-refractivity contribution in [2.45, 2.75) is 18.0 Å². The van der Waals surface area contributed by atoms with E-state index in [1.807, 2.05) is 36.6 Å². The largest absolute Gasteiger partial charge is 0.363 e. The van der Waals surface area contributed by atoms with E-state index in [9.17, 15) is 0 Å². The Morgan fingerprint density at radius 3 is 2.78 bits per heavy atom. The number of nitrogens with one attached hydrogen (secondary N) is 1. The fourth-order valence-corrected chi connectivity index (χ4v) is 2.34. The molecule has 1 atom stereocenters. The number of halogens is 1. The molecule has 1 unspecified atom stereocenters. The van der Waals surface area contributed by atoms with Crippen LogP contribution in [0.3, 0.4) is 0 Å². The van der Waals surface area contributed by atoms with E-state index < -0.39 is 0 Å². The number of aromatic nitrogens is 2. The zero-order chi connectivity index (χ0) is 13.0. The molecule has 2 rings (SSSR count). The van der Waals surface area contributed by atoms with Crippen molar-refractivity contribution >= 4 is 29.2 Å². The molecule has 0 amide bonds. The maximum atomic E-state index is 6.17. The lowest BCUT2D eigenvalue weighted by Gasteiger charge is -2.16. The van der Waals surface area contributed by atoms with Gasteiger partial charge in [0.15, 0.2) is 0 Å². The Bertz CT molecular complexity index is 533.